The van der Waals surface area contributed by atoms with Crippen molar-refractivity contribution >= 4 is 11.3 Å². The summed E-state index contributed by atoms with van der Waals surface area (Å²) in [7, 11) is 0. The number of hydrogen-bond donors (Lipinski definition) is 1. The molecule has 0 saturated heterocycles. The second kappa shape index (κ2) is 6.78. The topological polar surface area (TPSA) is 12.0 Å². The van der Waals surface area contributed by atoms with Gasteiger partial charge in [-0.25, -0.2) is 0 Å². The molecule has 110 valence electrons. The molecule has 0 unspecified atom stereocenters. The van der Waals surface area contributed by atoms with Gasteiger partial charge in [0.05, 0.1) is 0 Å². The highest BCUT2D eigenvalue weighted by molar-refractivity contribution is 5.82. The highest BCUT2D eigenvalue weighted by atomic mass is 15.0. The van der Waals surface area contributed by atoms with Gasteiger partial charge in [0, 0.05) is 16.8 Å². The molecule has 0 atom stereocenters. The number of para-hydroxylation sites is 1. The molecule has 0 spiro atoms. The molecule has 0 saturated carbocycles. The van der Waals surface area contributed by atoms with E-state index in [-0.39, 0.29) is 5.54 Å². The Hall–Kier alpha value is -1.50. The van der Waals surface area contributed by atoms with Crippen LogP contribution < -0.4 is 5.32 Å². The largest absolute Gasteiger partial charge is 0.380 e. The summed E-state index contributed by atoms with van der Waals surface area (Å²) in [4.78, 5) is 0. The Morgan fingerprint density at radius 1 is 1.00 bits per heavy atom. The van der Waals surface area contributed by atoms with E-state index < -0.39 is 0 Å². The minimum absolute atomic E-state index is 0.0889. The maximum absolute atomic E-state index is 3.60. The Balaban J connectivity index is 0.000000956. The van der Waals surface area contributed by atoms with Crippen LogP contribution >= 0.6 is 0 Å². The van der Waals surface area contributed by atoms with E-state index in [1.165, 1.54) is 28.0 Å². The van der Waals surface area contributed by atoms with Crippen LogP contribution in [0, 0.1) is 0 Å². The van der Waals surface area contributed by atoms with Crippen molar-refractivity contribution < 1.29 is 0 Å². The van der Waals surface area contributed by atoms with E-state index in [1.54, 1.807) is 0 Å². The fourth-order valence-electron chi connectivity index (χ4n) is 2.49. The number of benzene rings is 1. The summed E-state index contributed by atoms with van der Waals surface area (Å²) in [5.74, 6) is 0. The fourth-order valence-corrected chi connectivity index (χ4v) is 2.49. The average molecular weight is 271 g/mol. The van der Waals surface area contributed by atoms with Gasteiger partial charge < -0.3 is 5.32 Å². The molecule has 1 aromatic carbocycles. The molecule has 2 rings (SSSR count). The van der Waals surface area contributed by atoms with Crippen LogP contribution in [0.3, 0.4) is 0 Å². The molecule has 1 nitrogen and oxygen atoms in total. The second-order valence-corrected chi connectivity index (χ2v) is 6.25. The summed E-state index contributed by atoms with van der Waals surface area (Å²) < 4.78 is 0. The lowest BCUT2D eigenvalue weighted by Gasteiger charge is -2.25. The number of anilines is 1. The smallest absolute Gasteiger partial charge is 0.0420 e. The number of hydrogen-bond acceptors (Lipinski definition) is 1. The van der Waals surface area contributed by atoms with Crippen molar-refractivity contribution in [3.8, 4) is 0 Å². The predicted octanol–water partition coefficient (Wildman–Crippen LogP) is 6.05. The molecule has 0 radical (unpaired) electrons. The molecule has 0 aromatic heterocycles. The van der Waals surface area contributed by atoms with Gasteiger partial charge in [0.2, 0.25) is 0 Å². The fraction of sp³-hybridized carbons (Fsp3) is 0.474. The Labute approximate surface area is 124 Å². The third-order valence-electron chi connectivity index (χ3n) is 3.16. The average Bonchev–Trinajstić information content (AvgIpc) is 2.70. The zero-order chi connectivity index (χ0) is 15.3. The molecular formula is C19H29N. The minimum atomic E-state index is 0.0889. The van der Waals surface area contributed by atoms with Crippen LogP contribution in [0.25, 0.3) is 5.57 Å². The summed E-state index contributed by atoms with van der Waals surface area (Å²) in [5, 5.41) is 3.60. The quantitative estimate of drug-likeness (QED) is 0.690. The molecule has 0 amide bonds. The zero-order valence-electron chi connectivity index (χ0n) is 14.1. The van der Waals surface area contributed by atoms with Crippen molar-refractivity contribution in [1.82, 2.24) is 0 Å². The third kappa shape index (κ3) is 4.26. The number of nitrogens with one attached hydrogen (secondary N) is 1. The first-order valence-corrected chi connectivity index (χ1v) is 7.61. The molecule has 0 bridgehead atoms. The lowest BCUT2D eigenvalue weighted by Crippen LogP contribution is -2.26. The van der Waals surface area contributed by atoms with E-state index in [1.807, 2.05) is 13.8 Å². The maximum Gasteiger partial charge on any atom is 0.0420 e. The van der Waals surface area contributed by atoms with Crippen molar-refractivity contribution in [2.45, 2.75) is 60.4 Å². The van der Waals surface area contributed by atoms with E-state index in [0.717, 1.165) is 6.42 Å². The van der Waals surface area contributed by atoms with Crippen molar-refractivity contribution in [1.29, 1.82) is 0 Å². The van der Waals surface area contributed by atoms with Gasteiger partial charge in [-0.3, -0.25) is 0 Å². The summed E-state index contributed by atoms with van der Waals surface area (Å²) in [6.45, 7) is 15.0. The lowest BCUT2D eigenvalue weighted by molar-refractivity contribution is 0.634. The van der Waals surface area contributed by atoms with Crippen molar-refractivity contribution in [2.24, 2.45) is 0 Å². The maximum atomic E-state index is 3.60. The molecule has 0 heterocycles. The van der Waals surface area contributed by atoms with Crippen molar-refractivity contribution in [3.05, 3.63) is 47.1 Å². The minimum Gasteiger partial charge on any atom is -0.380 e. The first-order chi connectivity index (χ1) is 9.37. The molecule has 1 aliphatic rings. The Kier molecular flexibility index (Phi) is 5.62. The highest BCUT2D eigenvalue weighted by Crippen LogP contribution is 2.36. The van der Waals surface area contributed by atoms with Crippen LogP contribution in [-0.2, 0) is 0 Å². The Morgan fingerprint density at radius 2 is 1.60 bits per heavy atom. The first kappa shape index (κ1) is 16.6. The van der Waals surface area contributed by atoms with Gasteiger partial charge in [-0.2, -0.15) is 0 Å². The standard InChI is InChI=1S/C17H23N.C2H6/c1-12-10-13(2)15(11-12)14-8-6-7-9-16(14)18-17(3,4)5;1-2/h6-10,18H,11H2,1-5H3;1-2H3. The van der Waals surface area contributed by atoms with E-state index in [2.05, 4.69) is 70.3 Å². The molecule has 0 fully saturated rings. The predicted molar refractivity (Wildman–Crippen MR) is 92.1 cm³/mol. The van der Waals surface area contributed by atoms with Crippen LogP contribution in [0.4, 0.5) is 5.69 Å². The summed E-state index contributed by atoms with van der Waals surface area (Å²) in [6, 6.07) is 8.62. The lowest BCUT2D eigenvalue weighted by atomic mass is 9.97. The van der Waals surface area contributed by atoms with Crippen LogP contribution in [-0.4, -0.2) is 5.54 Å². The van der Waals surface area contributed by atoms with Gasteiger partial charge in [0.1, 0.15) is 0 Å². The van der Waals surface area contributed by atoms with Crippen LogP contribution in [0.2, 0.25) is 0 Å². The van der Waals surface area contributed by atoms with E-state index in [9.17, 15) is 0 Å². The first-order valence-electron chi connectivity index (χ1n) is 7.61. The van der Waals surface area contributed by atoms with E-state index in [4.69, 9.17) is 0 Å². The SMILES string of the molecule is CC.CC1=CC(C)=C(c2ccccc2NC(C)(C)C)C1. The van der Waals surface area contributed by atoms with Gasteiger partial charge in [0.15, 0.2) is 0 Å². The number of allylic oxidation sites excluding steroid dienone is 4. The molecular weight excluding hydrogens is 242 g/mol. The van der Waals surface area contributed by atoms with E-state index in [0.29, 0.717) is 0 Å². The second-order valence-electron chi connectivity index (χ2n) is 6.25. The van der Waals surface area contributed by atoms with Gasteiger partial charge >= 0.3 is 0 Å². The normalized spacial score (nSPS) is 14.7. The summed E-state index contributed by atoms with van der Waals surface area (Å²) in [6.07, 6.45) is 3.37. The summed E-state index contributed by atoms with van der Waals surface area (Å²) >= 11 is 0. The molecule has 1 N–H and O–H groups in total. The van der Waals surface area contributed by atoms with Gasteiger partial charge in [-0.1, -0.05) is 43.7 Å². The van der Waals surface area contributed by atoms with Crippen LogP contribution in [0.1, 0.15) is 60.5 Å². The summed E-state index contributed by atoms with van der Waals surface area (Å²) in [5.41, 5.74) is 6.98. The van der Waals surface area contributed by atoms with E-state index >= 15 is 0 Å². The molecule has 1 aliphatic carbocycles. The molecule has 0 aliphatic heterocycles. The monoisotopic (exact) mass is 271 g/mol. The molecule has 1 aromatic rings. The van der Waals surface area contributed by atoms with Gasteiger partial charge in [-0.15, -0.1) is 0 Å². The zero-order valence-corrected chi connectivity index (χ0v) is 14.1. The Bertz CT molecular complexity index is 513. The van der Waals surface area contributed by atoms with Crippen molar-refractivity contribution in [3.63, 3.8) is 0 Å². The Morgan fingerprint density at radius 3 is 2.10 bits per heavy atom. The van der Waals surface area contributed by atoms with Gasteiger partial charge in [0.25, 0.3) is 0 Å². The van der Waals surface area contributed by atoms with Gasteiger partial charge in [-0.05, 0) is 58.3 Å². The third-order valence-corrected chi connectivity index (χ3v) is 3.16. The van der Waals surface area contributed by atoms with Crippen molar-refractivity contribution in [2.75, 3.05) is 5.32 Å². The highest BCUT2D eigenvalue weighted by Gasteiger charge is 2.17. The van der Waals surface area contributed by atoms with Crippen LogP contribution in [0.15, 0.2) is 41.5 Å². The molecule has 20 heavy (non-hydrogen) atoms. The number of rotatable bonds is 2. The molecule has 1 heteroatoms. The van der Waals surface area contributed by atoms with Crippen LogP contribution in [0.5, 0.6) is 0 Å².